The van der Waals surface area contributed by atoms with E-state index in [9.17, 15) is 28.7 Å². The number of esters is 2. The average Bonchev–Trinajstić information content (AvgIpc) is 4.29. The number of ether oxygens (including phenoxy) is 5. The van der Waals surface area contributed by atoms with Gasteiger partial charge >= 0.3 is 24.0 Å². The van der Waals surface area contributed by atoms with E-state index in [2.05, 4.69) is 55.0 Å². The summed E-state index contributed by atoms with van der Waals surface area (Å²) < 4.78 is 55.0. The topological polar surface area (TPSA) is 315 Å². The first-order valence-electron chi connectivity index (χ1n) is 29.4. The lowest BCUT2D eigenvalue weighted by atomic mass is 10.0. The maximum Gasteiger partial charge on any atom is 0.320 e. The number of aromatic nitrogens is 2. The molecule has 4 aromatic rings. The number of carbonyl (C=O) groups excluding carboxylic acids is 4. The molecule has 3 fully saturated rings. The van der Waals surface area contributed by atoms with Gasteiger partial charge in [0.15, 0.2) is 23.1 Å². The highest BCUT2D eigenvalue weighted by Gasteiger charge is 2.38. The standard InChI is InChI=1S/C29H38FN7O5.C25H31FN4O4.C4H8O.CH3N3O.CH4/c1-2-41-27(38)20-25(22-8-10-26(24(30)19-22)42-18-17-40-16-12-33-35-31)37-15-14-36(29(37)39)13-4-6-23-9-7-21-5-3-11-32-28(21)34-23;1-2-34-23(32)16-21(18-8-10-22(31)20(26)15-18)30-14-13-29(25(30)33)12-4-6-19-9-7-17-5-3-11-27-24(17)28-19;1-2-4-5-3-1;2-4-3-1-5;/h7-10,19,25H,2-6,11-18,20H2,1H3,(H,32,34);7-10,15,21,31H,2-6,11-14,16H2,1H3,(H,27,28);1-4H2;5H,1H2;1H4/t25-;21-;;;/m00.../s1. The molecular weight excluding hydrogens is 1130 g/mol. The van der Waals surface area contributed by atoms with Gasteiger partial charge in [-0.05, 0) is 148 Å². The maximum atomic E-state index is 15.0. The minimum atomic E-state index is -0.790. The number of anilines is 2. The smallest absolute Gasteiger partial charge is 0.320 e. The molecule has 0 saturated carbocycles. The number of halogens is 2. The minimum absolute atomic E-state index is 0. The van der Waals surface area contributed by atoms with Gasteiger partial charge in [-0.15, -0.1) is 0 Å². The van der Waals surface area contributed by atoms with Crippen LogP contribution in [0.4, 0.5) is 30.0 Å². The van der Waals surface area contributed by atoms with Crippen molar-refractivity contribution in [2.24, 2.45) is 10.2 Å². The molecule has 0 radical (unpaired) electrons. The van der Waals surface area contributed by atoms with Crippen molar-refractivity contribution in [1.29, 1.82) is 0 Å². The number of rotatable bonds is 26. The Kier molecular flexibility index (Phi) is 30.4. The van der Waals surface area contributed by atoms with Crippen LogP contribution in [-0.2, 0) is 54.2 Å². The molecule has 4 amide bonds. The summed E-state index contributed by atoms with van der Waals surface area (Å²) in [7, 11) is 0. The Hall–Kier alpha value is -8.22. The van der Waals surface area contributed by atoms with E-state index in [-0.39, 0.29) is 77.7 Å². The molecule has 9 rings (SSSR count). The lowest BCUT2D eigenvalue weighted by Crippen LogP contribution is -2.36. The summed E-state index contributed by atoms with van der Waals surface area (Å²) in [5.41, 5.74) is 21.0. The first-order valence-corrected chi connectivity index (χ1v) is 29.4. The molecule has 4 N–H and O–H groups in total. The van der Waals surface area contributed by atoms with E-state index in [1.54, 1.807) is 39.5 Å². The Morgan fingerprint density at radius 2 is 1.22 bits per heavy atom. The number of hydrogen-bond acceptors (Lipinski definition) is 17. The number of aliphatic hydroxyl groups is 1. The van der Waals surface area contributed by atoms with Gasteiger partial charge in [0, 0.05) is 93.3 Å². The molecule has 5 aliphatic rings. The lowest BCUT2D eigenvalue weighted by Gasteiger charge is -2.28. The highest BCUT2D eigenvalue weighted by atomic mass is 19.1. The van der Waals surface area contributed by atoms with Gasteiger partial charge < -0.3 is 64.1 Å². The van der Waals surface area contributed by atoms with E-state index in [0.717, 1.165) is 101 Å². The number of azide groups is 2. The molecule has 25 nitrogen and oxygen atoms in total. The van der Waals surface area contributed by atoms with E-state index in [4.69, 9.17) is 49.8 Å². The van der Waals surface area contributed by atoms with Gasteiger partial charge in [-0.3, -0.25) is 9.59 Å². The second-order valence-corrected chi connectivity index (χ2v) is 20.4. The van der Waals surface area contributed by atoms with Crippen molar-refractivity contribution in [3.8, 4) is 11.5 Å². The monoisotopic (exact) mass is 1210 g/mol. The Balaban J connectivity index is 0.000000274. The number of hydrogen-bond donors (Lipinski definition) is 4. The van der Waals surface area contributed by atoms with Crippen molar-refractivity contribution in [1.82, 2.24) is 29.6 Å². The third-order valence-corrected chi connectivity index (χ3v) is 14.5. The van der Waals surface area contributed by atoms with Crippen LogP contribution in [0.15, 0.2) is 70.9 Å². The van der Waals surface area contributed by atoms with Gasteiger partial charge in [0.25, 0.3) is 0 Å². The molecule has 2 aromatic carbocycles. The van der Waals surface area contributed by atoms with Crippen LogP contribution >= 0.6 is 0 Å². The van der Waals surface area contributed by atoms with E-state index in [0.29, 0.717) is 50.4 Å². The number of phenols is 1. The number of aryl methyl sites for hydroxylation is 4. The fourth-order valence-corrected chi connectivity index (χ4v) is 10.3. The second-order valence-electron chi connectivity index (χ2n) is 20.4. The van der Waals surface area contributed by atoms with Crippen LogP contribution < -0.4 is 15.4 Å². The molecular formula is C60H84F2N14O11. The summed E-state index contributed by atoms with van der Waals surface area (Å²) in [6.45, 7) is 11.1. The molecule has 0 spiro atoms. The second kappa shape index (κ2) is 38.0. The molecule has 474 valence electrons. The maximum absolute atomic E-state index is 15.0. The molecule has 0 unspecified atom stereocenters. The highest BCUT2D eigenvalue weighted by molar-refractivity contribution is 5.79. The van der Waals surface area contributed by atoms with Gasteiger partial charge in [0.1, 0.15) is 25.0 Å². The molecule has 3 saturated heterocycles. The van der Waals surface area contributed by atoms with Crippen LogP contribution in [0.2, 0.25) is 0 Å². The van der Waals surface area contributed by atoms with Crippen molar-refractivity contribution >= 4 is 35.6 Å². The van der Waals surface area contributed by atoms with Crippen LogP contribution in [0.5, 0.6) is 11.5 Å². The number of nitrogens with zero attached hydrogens (tertiary/aromatic N) is 12. The minimum Gasteiger partial charge on any atom is -0.505 e. The number of phenolic OH excluding ortho intramolecular Hbond substituents is 1. The Morgan fingerprint density at radius 3 is 1.67 bits per heavy atom. The Bertz CT molecular complexity index is 2920. The van der Waals surface area contributed by atoms with Crippen molar-refractivity contribution < 1.29 is 61.9 Å². The lowest BCUT2D eigenvalue weighted by molar-refractivity contribution is -0.145. The van der Waals surface area contributed by atoms with Crippen molar-refractivity contribution in [2.45, 2.75) is 110 Å². The van der Waals surface area contributed by atoms with Crippen molar-refractivity contribution in [3.63, 3.8) is 0 Å². The zero-order valence-corrected chi connectivity index (χ0v) is 49.1. The molecule has 0 aliphatic carbocycles. The van der Waals surface area contributed by atoms with E-state index < -0.39 is 48.1 Å². The molecule has 2 aromatic heterocycles. The van der Waals surface area contributed by atoms with Crippen molar-refractivity contribution in [3.05, 3.63) is 127 Å². The van der Waals surface area contributed by atoms with Crippen LogP contribution in [0, 0.1) is 11.6 Å². The van der Waals surface area contributed by atoms with Crippen LogP contribution in [-0.4, -0.2) is 176 Å². The summed E-state index contributed by atoms with van der Waals surface area (Å²) in [5.74, 6) is -0.823. The van der Waals surface area contributed by atoms with Gasteiger partial charge in [-0.2, -0.15) is 0 Å². The van der Waals surface area contributed by atoms with E-state index in [1.807, 2.05) is 0 Å². The highest BCUT2D eigenvalue weighted by Crippen LogP contribution is 2.34. The first kappa shape index (κ1) is 69.6. The number of aliphatic hydroxyl groups excluding tert-OH is 1. The van der Waals surface area contributed by atoms with Gasteiger partial charge in [-0.25, -0.2) is 28.3 Å². The first-order chi connectivity index (χ1) is 41.9. The van der Waals surface area contributed by atoms with Gasteiger partial charge in [-0.1, -0.05) is 41.9 Å². The van der Waals surface area contributed by atoms with Crippen LogP contribution in [0.1, 0.15) is 118 Å². The molecule has 2 atom stereocenters. The Morgan fingerprint density at radius 1 is 0.701 bits per heavy atom. The molecule has 27 heteroatoms. The number of carbonyl (C=O) groups is 4. The summed E-state index contributed by atoms with van der Waals surface area (Å²) >= 11 is 0. The van der Waals surface area contributed by atoms with E-state index in [1.165, 1.54) is 54.3 Å². The fraction of sp³-hybridized carbons (Fsp3) is 0.567. The molecule has 5 aliphatic heterocycles. The predicted molar refractivity (Wildman–Crippen MR) is 322 cm³/mol. The normalized spacial score (nSPS) is 15.3. The summed E-state index contributed by atoms with van der Waals surface area (Å²) in [6.07, 6.45) is 9.73. The number of urea groups is 2. The number of nitrogens with one attached hydrogen (secondary N) is 2. The summed E-state index contributed by atoms with van der Waals surface area (Å²) in [5, 5.41) is 30.0. The van der Waals surface area contributed by atoms with Crippen molar-refractivity contribution in [2.75, 3.05) is 123 Å². The quantitative estimate of drug-likeness (QED) is 0.0149. The zero-order chi connectivity index (χ0) is 61.5. The zero-order valence-electron chi connectivity index (χ0n) is 49.1. The van der Waals surface area contributed by atoms with E-state index >= 15 is 4.39 Å². The average molecular weight is 1220 g/mol. The number of aromatic hydroxyl groups is 1. The molecule has 7 heterocycles. The van der Waals surface area contributed by atoms with Crippen LogP contribution in [0.3, 0.4) is 0 Å². The predicted octanol–water partition coefficient (Wildman–Crippen LogP) is 9.98. The number of benzene rings is 2. The molecule has 0 bridgehead atoms. The number of pyridine rings is 2. The van der Waals surface area contributed by atoms with Crippen LogP contribution in [0.25, 0.3) is 20.9 Å². The van der Waals surface area contributed by atoms with Gasteiger partial charge in [0.05, 0.1) is 51.4 Å². The summed E-state index contributed by atoms with van der Waals surface area (Å²) in [4.78, 5) is 72.4. The third-order valence-electron chi connectivity index (χ3n) is 14.5. The fourth-order valence-electron chi connectivity index (χ4n) is 10.3. The SMILES string of the molecule is C.C1CCOC1.CCOC(=O)C[C@@H](c1ccc(O)c(F)c1)N1CCN(CCCc2ccc3c(n2)NCCC3)C1=O.CCOC(=O)C[C@@H](c1ccc(OCCOCCN=[N+]=[N-])c(F)c1)N1CCN(CCCc2ccc3c(n2)NCCC3)C1=O.[N-]=[N+]=NCO. The summed E-state index contributed by atoms with van der Waals surface area (Å²) in [6, 6.07) is 15.0. The van der Waals surface area contributed by atoms with Gasteiger partial charge in [0.2, 0.25) is 0 Å². The third kappa shape index (κ3) is 22.2. The Labute approximate surface area is 506 Å². The number of amides is 4. The molecule has 87 heavy (non-hydrogen) atoms. The largest absolute Gasteiger partial charge is 0.505 e. The number of fused-ring (bicyclic) bond motifs is 2.